The van der Waals surface area contributed by atoms with E-state index in [0.29, 0.717) is 40.4 Å². The number of nitrogens with zero attached hydrogens (tertiary/aromatic N) is 6. The zero-order chi connectivity index (χ0) is 25.4. The van der Waals surface area contributed by atoms with Crippen LogP contribution >= 0.6 is 11.3 Å². The number of fused-ring (bicyclic) bond motifs is 3. The Morgan fingerprint density at radius 3 is 2.69 bits per heavy atom. The van der Waals surface area contributed by atoms with Gasteiger partial charge in [-0.15, -0.1) is 10.2 Å². The van der Waals surface area contributed by atoms with Gasteiger partial charge in [0.05, 0.1) is 21.6 Å². The minimum absolute atomic E-state index is 0.0340. The van der Waals surface area contributed by atoms with Crippen molar-refractivity contribution in [2.75, 3.05) is 18.0 Å². The Bertz CT molecular complexity index is 1570. The molecule has 2 atom stereocenters. The number of aromatic nitrogens is 5. The average Bonchev–Trinajstić information content (AvgIpc) is 3.18. The summed E-state index contributed by atoms with van der Waals surface area (Å²) in [6, 6.07) is 2.53. The molecule has 0 bridgehead atoms. The number of halogens is 3. The van der Waals surface area contributed by atoms with Crippen molar-refractivity contribution in [3.8, 4) is 5.13 Å². The highest BCUT2D eigenvalue weighted by atomic mass is 32.2. The Kier molecular flexibility index (Phi) is 5.34. The van der Waals surface area contributed by atoms with E-state index < -0.39 is 39.2 Å². The first kappa shape index (κ1) is 23.6. The molecule has 2 fully saturated rings. The van der Waals surface area contributed by atoms with Crippen molar-refractivity contribution < 1.29 is 21.6 Å². The monoisotopic (exact) mass is 540 g/mol. The molecule has 4 aromatic rings. The lowest BCUT2D eigenvalue weighted by atomic mass is 10.0. The number of sulfonamides is 1. The maximum atomic E-state index is 14.6. The Morgan fingerprint density at radius 1 is 1.25 bits per heavy atom. The van der Waals surface area contributed by atoms with E-state index in [1.807, 2.05) is 6.92 Å². The molecule has 0 amide bonds. The van der Waals surface area contributed by atoms with Gasteiger partial charge in [-0.2, -0.15) is 0 Å². The molecule has 192 valence electrons. The fourth-order valence-electron chi connectivity index (χ4n) is 4.67. The number of nitrogens with two attached hydrogens (primary N) is 1. The number of anilines is 1. The quantitative estimate of drug-likeness (QED) is 0.386. The molecule has 0 spiro atoms. The van der Waals surface area contributed by atoms with Crippen molar-refractivity contribution in [3.63, 3.8) is 0 Å². The lowest BCUT2D eigenvalue weighted by molar-refractivity contribution is 0.150. The number of alkyl halides is 3. The molecule has 15 heteroatoms. The van der Waals surface area contributed by atoms with E-state index in [0.717, 1.165) is 12.8 Å². The zero-order valence-electron chi connectivity index (χ0n) is 19.1. The molecular weight excluding hydrogens is 517 g/mol. The van der Waals surface area contributed by atoms with E-state index in [-0.39, 0.29) is 23.0 Å². The largest absolute Gasteiger partial charge is 0.365 e. The molecule has 10 nitrogen and oxygen atoms in total. The Balaban J connectivity index is 1.63. The molecule has 6 rings (SSSR count). The predicted molar refractivity (Wildman–Crippen MR) is 128 cm³/mol. The van der Waals surface area contributed by atoms with Gasteiger partial charge >= 0.3 is 0 Å². The van der Waals surface area contributed by atoms with Gasteiger partial charge in [-0.3, -0.25) is 8.97 Å². The van der Waals surface area contributed by atoms with Gasteiger partial charge in [-0.1, -0.05) is 11.3 Å². The molecule has 1 aromatic carbocycles. The second kappa shape index (κ2) is 8.13. The van der Waals surface area contributed by atoms with Gasteiger partial charge < -0.3 is 10.6 Å². The zero-order valence-corrected chi connectivity index (χ0v) is 20.7. The van der Waals surface area contributed by atoms with Crippen LogP contribution in [0.4, 0.5) is 18.9 Å². The van der Waals surface area contributed by atoms with Crippen LogP contribution in [0.25, 0.3) is 21.9 Å². The summed E-state index contributed by atoms with van der Waals surface area (Å²) in [6.45, 7) is 2.18. The fraction of sp³-hybridized carbons (Fsp3) is 0.476. The summed E-state index contributed by atoms with van der Waals surface area (Å²) in [4.78, 5) is 6.05. The van der Waals surface area contributed by atoms with Crippen LogP contribution in [0.2, 0.25) is 0 Å². The molecule has 1 aliphatic carbocycles. The summed E-state index contributed by atoms with van der Waals surface area (Å²) in [6.07, 6.45) is 0.852. The molecule has 0 unspecified atom stereocenters. The van der Waals surface area contributed by atoms with Crippen LogP contribution in [-0.2, 0) is 10.0 Å². The van der Waals surface area contributed by atoms with Crippen molar-refractivity contribution in [2.45, 2.75) is 55.3 Å². The number of benzene rings is 1. The van der Waals surface area contributed by atoms with E-state index in [2.05, 4.69) is 19.9 Å². The van der Waals surface area contributed by atoms with Crippen molar-refractivity contribution in [1.82, 2.24) is 28.9 Å². The first-order chi connectivity index (χ1) is 17.0. The number of imidazole rings is 2. The summed E-state index contributed by atoms with van der Waals surface area (Å²) in [5, 5.41) is 7.15. The maximum Gasteiger partial charge on any atom is 0.291 e. The highest BCUT2D eigenvalue weighted by Crippen LogP contribution is 2.39. The van der Waals surface area contributed by atoms with Gasteiger partial charge in [0.25, 0.3) is 6.43 Å². The van der Waals surface area contributed by atoms with E-state index >= 15 is 0 Å². The van der Waals surface area contributed by atoms with Crippen LogP contribution in [0.5, 0.6) is 0 Å². The van der Waals surface area contributed by atoms with E-state index in [4.69, 9.17) is 5.73 Å². The smallest absolute Gasteiger partial charge is 0.291 e. The fourth-order valence-corrected chi connectivity index (χ4v) is 6.89. The number of rotatable bonds is 6. The second-order valence-corrected chi connectivity index (χ2v) is 12.3. The van der Waals surface area contributed by atoms with Crippen LogP contribution in [0.15, 0.2) is 29.4 Å². The van der Waals surface area contributed by atoms with Crippen LogP contribution in [0.1, 0.15) is 37.6 Å². The summed E-state index contributed by atoms with van der Waals surface area (Å²) in [5.41, 5.74) is 6.94. The SMILES string of the molecule is CC1(NS(=O)(=O)c2cc(N3C[C@@H](N)C[C@@H](F)C3)c3c(c2)n(-c2nnc(C(F)F)s2)c2nccn32)CC1. The normalized spacial score (nSPS) is 22.2. The van der Waals surface area contributed by atoms with Crippen molar-refractivity contribution in [2.24, 2.45) is 5.73 Å². The third kappa shape index (κ3) is 3.93. The average molecular weight is 541 g/mol. The van der Waals surface area contributed by atoms with Gasteiger partial charge in [0, 0.05) is 37.1 Å². The molecule has 4 heterocycles. The van der Waals surface area contributed by atoms with Crippen LogP contribution in [0, 0.1) is 0 Å². The van der Waals surface area contributed by atoms with E-state index in [9.17, 15) is 21.6 Å². The minimum atomic E-state index is -3.96. The minimum Gasteiger partial charge on any atom is -0.365 e. The number of piperidine rings is 1. The van der Waals surface area contributed by atoms with Gasteiger partial charge in [-0.25, -0.2) is 31.3 Å². The molecular formula is C21H23F3N8O2S2. The number of nitrogens with one attached hydrogen (secondary N) is 1. The van der Waals surface area contributed by atoms with Crippen LogP contribution in [-0.4, -0.2) is 63.4 Å². The Hall–Kier alpha value is -2.75. The molecule has 3 aromatic heterocycles. The van der Waals surface area contributed by atoms with E-state index in [1.165, 1.54) is 22.9 Å². The molecule has 1 saturated carbocycles. The summed E-state index contributed by atoms with van der Waals surface area (Å²) < 4.78 is 73.9. The summed E-state index contributed by atoms with van der Waals surface area (Å²) >= 11 is 0.686. The van der Waals surface area contributed by atoms with E-state index in [1.54, 1.807) is 15.5 Å². The lowest BCUT2D eigenvalue weighted by Gasteiger charge is -2.35. The first-order valence-corrected chi connectivity index (χ1v) is 13.7. The molecule has 0 radical (unpaired) electrons. The van der Waals surface area contributed by atoms with Gasteiger partial charge in [0.15, 0.2) is 5.01 Å². The van der Waals surface area contributed by atoms with Gasteiger partial charge in [-0.05, 0) is 38.3 Å². The topological polar surface area (TPSA) is 123 Å². The highest BCUT2D eigenvalue weighted by Gasteiger charge is 2.42. The van der Waals surface area contributed by atoms with Crippen LogP contribution < -0.4 is 15.4 Å². The third-order valence-corrected chi connectivity index (χ3v) is 9.15. The lowest BCUT2D eigenvalue weighted by Crippen LogP contribution is -2.48. The van der Waals surface area contributed by atoms with Crippen molar-refractivity contribution in [1.29, 1.82) is 0 Å². The third-order valence-electron chi connectivity index (χ3n) is 6.62. The first-order valence-electron chi connectivity index (χ1n) is 11.4. The summed E-state index contributed by atoms with van der Waals surface area (Å²) in [7, 11) is -3.96. The molecule has 2 aliphatic rings. The molecule has 3 N–H and O–H groups in total. The molecule has 36 heavy (non-hydrogen) atoms. The van der Waals surface area contributed by atoms with Crippen LogP contribution in [0.3, 0.4) is 0 Å². The second-order valence-electron chi connectivity index (χ2n) is 9.63. The number of hydrogen-bond acceptors (Lipinski definition) is 8. The van der Waals surface area contributed by atoms with Crippen molar-refractivity contribution in [3.05, 3.63) is 29.5 Å². The Morgan fingerprint density at radius 2 is 2.03 bits per heavy atom. The standard InChI is InChI=1S/C21H23F3N8O2S2/c1-21(2-3-21)29-36(33,34)13-7-14(30-9-11(22)6-12(25)10-30)16-15(8-13)32(19-26-4-5-31(16)19)20-28-27-18(35-20)17(23)24/h4-5,7-8,11-12,17,29H,2-3,6,9-10,25H2,1H3/t11-,12+/m1/s1. The number of hydrogen-bond donors (Lipinski definition) is 2. The maximum absolute atomic E-state index is 14.6. The summed E-state index contributed by atoms with van der Waals surface area (Å²) in [5.74, 6) is 0.331. The van der Waals surface area contributed by atoms with Gasteiger partial charge in [0.2, 0.25) is 20.9 Å². The van der Waals surface area contributed by atoms with Crippen molar-refractivity contribution >= 4 is 43.9 Å². The molecule has 1 aliphatic heterocycles. The van der Waals surface area contributed by atoms with Gasteiger partial charge in [0.1, 0.15) is 6.17 Å². The predicted octanol–water partition coefficient (Wildman–Crippen LogP) is 2.77. The Labute approximate surface area is 208 Å². The molecule has 1 saturated heterocycles. The highest BCUT2D eigenvalue weighted by molar-refractivity contribution is 7.89.